The van der Waals surface area contributed by atoms with Gasteiger partial charge in [0, 0.05) is 0 Å². The molecule has 0 saturated carbocycles. The highest BCUT2D eigenvalue weighted by atomic mass is 16.7. The molecule has 1 aromatic carbocycles. The number of fused-ring (bicyclic) bond motifs is 5. The molecule has 2 heterocycles. The van der Waals surface area contributed by atoms with Crippen molar-refractivity contribution in [3.8, 4) is 0 Å². The van der Waals surface area contributed by atoms with Crippen LogP contribution in [0.15, 0.2) is 17.9 Å². The standard InChI is InChI=1S/C22H26O5/c1-10(2)25-22(24)27-21-18-15-7-6-14(26-15)17(18)20(23)19(21)16-12(4)8-11(3)9-13(16)5/h8-10,14-15,17-18H,6-7H2,1-5H3/t14-,15+,17-,18+/m0/s1. The summed E-state index contributed by atoms with van der Waals surface area (Å²) >= 11 is 0. The minimum atomic E-state index is -0.754. The van der Waals surface area contributed by atoms with Crippen LogP contribution in [0.4, 0.5) is 4.79 Å². The predicted molar refractivity (Wildman–Crippen MR) is 100 cm³/mol. The second kappa shape index (κ2) is 6.48. The van der Waals surface area contributed by atoms with E-state index in [-0.39, 0.29) is 35.9 Å². The lowest BCUT2D eigenvalue weighted by Crippen LogP contribution is -2.30. The van der Waals surface area contributed by atoms with Crippen LogP contribution in [0.3, 0.4) is 0 Å². The summed E-state index contributed by atoms with van der Waals surface area (Å²) in [4.78, 5) is 25.7. The fourth-order valence-corrected chi connectivity index (χ4v) is 5.04. The first-order chi connectivity index (χ1) is 12.8. The number of hydrogen-bond acceptors (Lipinski definition) is 5. The molecule has 1 aromatic rings. The molecule has 0 aromatic heterocycles. The molecule has 4 atom stereocenters. The van der Waals surface area contributed by atoms with Crippen LogP contribution in [0, 0.1) is 32.6 Å². The molecule has 5 nitrogen and oxygen atoms in total. The third-order valence-electron chi connectivity index (χ3n) is 5.82. The Hall–Kier alpha value is -2.14. The van der Waals surface area contributed by atoms with Gasteiger partial charge in [-0.1, -0.05) is 17.7 Å². The van der Waals surface area contributed by atoms with E-state index in [4.69, 9.17) is 14.2 Å². The third kappa shape index (κ3) is 2.89. The number of ketones is 1. The number of ether oxygens (including phenoxy) is 3. The van der Waals surface area contributed by atoms with E-state index in [1.54, 1.807) is 13.8 Å². The normalized spacial score (nSPS) is 28.9. The Kier molecular flexibility index (Phi) is 4.38. The Labute approximate surface area is 159 Å². The van der Waals surface area contributed by atoms with Gasteiger partial charge in [-0.25, -0.2) is 4.79 Å². The minimum Gasteiger partial charge on any atom is -0.431 e. The third-order valence-corrected chi connectivity index (χ3v) is 5.82. The van der Waals surface area contributed by atoms with Crippen molar-refractivity contribution in [2.75, 3.05) is 0 Å². The molecule has 2 aliphatic heterocycles. The number of hydrogen-bond donors (Lipinski definition) is 0. The zero-order valence-electron chi connectivity index (χ0n) is 16.5. The molecule has 0 radical (unpaired) electrons. The minimum absolute atomic E-state index is 0.0367. The van der Waals surface area contributed by atoms with Gasteiger partial charge in [-0.3, -0.25) is 4.79 Å². The number of allylic oxidation sites excluding steroid dienone is 1. The van der Waals surface area contributed by atoms with Crippen molar-refractivity contribution in [2.45, 2.75) is 65.8 Å². The van der Waals surface area contributed by atoms with Crippen molar-refractivity contribution in [2.24, 2.45) is 11.8 Å². The van der Waals surface area contributed by atoms with Crippen LogP contribution in [-0.2, 0) is 19.0 Å². The molecule has 27 heavy (non-hydrogen) atoms. The van der Waals surface area contributed by atoms with E-state index in [1.165, 1.54) is 0 Å². The molecule has 3 aliphatic rings. The summed E-state index contributed by atoms with van der Waals surface area (Å²) in [5.74, 6) is 0.0410. The summed E-state index contributed by atoms with van der Waals surface area (Å²) in [5, 5.41) is 0. The van der Waals surface area contributed by atoms with Crippen molar-refractivity contribution in [1.29, 1.82) is 0 Å². The van der Waals surface area contributed by atoms with Crippen LogP contribution in [0.5, 0.6) is 0 Å². The maximum absolute atomic E-state index is 13.4. The molecular weight excluding hydrogens is 344 g/mol. The SMILES string of the molecule is Cc1cc(C)c(C2=C(OC(=O)OC(C)C)[C@H]3[C@@H](C2=O)[C@@H]2CC[C@H]3O2)c(C)c1. The molecule has 0 spiro atoms. The zero-order valence-corrected chi connectivity index (χ0v) is 16.5. The maximum Gasteiger partial charge on any atom is 0.513 e. The van der Waals surface area contributed by atoms with Gasteiger partial charge in [0.25, 0.3) is 0 Å². The molecule has 1 aliphatic carbocycles. The number of carbonyl (C=O) groups is 2. The highest BCUT2D eigenvalue weighted by molar-refractivity contribution is 6.26. The molecule has 2 bridgehead atoms. The largest absolute Gasteiger partial charge is 0.513 e. The van der Waals surface area contributed by atoms with Gasteiger partial charge in [0.15, 0.2) is 5.78 Å². The van der Waals surface area contributed by atoms with Gasteiger partial charge >= 0.3 is 6.16 Å². The number of Topliss-reactive ketones (excluding diaryl/α,β-unsaturated/α-hetero) is 1. The lowest BCUT2D eigenvalue weighted by Gasteiger charge is -2.21. The van der Waals surface area contributed by atoms with E-state index in [2.05, 4.69) is 12.1 Å². The lowest BCUT2D eigenvalue weighted by molar-refractivity contribution is -0.118. The molecule has 2 fully saturated rings. The van der Waals surface area contributed by atoms with Gasteiger partial charge in [-0.15, -0.1) is 0 Å². The van der Waals surface area contributed by atoms with Gasteiger partial charge < -0.3 is 14.2 Å². The first-order valence-electron chi connectivity index (χ1n) is 9.68. The Morgan fingerprint density at radius 1 is 1.07 bits per heavy atom. The van der Waals surface area contributed by atoms with Gasteiger partial charge in [-0.05, 0) is 64.2 Å². The monoisotopic (exact) mass is 370 g/mol. The van der Waals surface area contributed by atoms with Crippen molar-refractivity contribution in [1.82, 2.24) is 0 Å². The molecule has 144 valence electrons. The topological polar surface area (TPSA) is 61.8 Å². The van der Waals surface area contributed by atoms with Gasteiger partial charge in [0.1, 0.15) is 5.76 Å². The summed E-state index contributed by atoms with van der Waals surface area (Å²) in [6.07, 6.45) is 0.611. The van der Waals surface area contributed by atoms with E-state index in [0.29, 0.717) is 11.3 Å². The quantitative estimate of drug-likeness (QED) is 0.744. The van der Waals surface area contributed by atoms with Crippen molar-refractivity contribution in [3.05, 3.63) is 40.1 Å². The second-order valence-corrected chi connectivity index (χ2v) is 8.24. The summed E-state index contributed by atoms with van der Waals surface area (Å²) in [6, 6.07) is 4.12. The molecule has 2 saturated heterocycles. The predicted octanol–water partition coefficient (Wildman–Crippen LogP) is 4.26. The number of rotatable bonds is 3. The maximum atomic E-state index is 13.4. The van der Waals surface area contributed by atoms with Crippen molar-refractivity contribution >= 4 is 17.5 Å². The average Bonchev–Trinajstić information content (AvgIpc) is 3.22. The van der Waals surface area contributed by atoms with Crippen LogP contribution in [0.1, 0.15) is 48.9 Å². The second-order valence-electron chi connectivity index (χ2n) is 8.24. The zero-order chi connectivity index (χ0) is 19.5. The Bertz CT molecular complexity index is 827. The Balaban J connectivity index is 1.83. The van der Waals surface area contributed by atoms with E-state index >= 15 is 0 Å². The summed E-state index contributed by atoms with van der Waals surface area (Å²) in [5.41, 5.74) is 4.60. The van der Waals surface area contributed by atoms with Gasteiger partial charge in [0.2, 0.25) is 0 Å². The highest BCUT2D eigenvalue weighted by Gasteiger charge is 2.60. The lowest BCUT2D eigenvalue weighted by atomic mass is 9.80. The number of benzene rings is 1. The summed E-state index contributed by atoms with van der Waals surface area (Å²) < 4.78 is 16.9. The van der Waals surface area contributed by atoms with E-state index in [0.717, 1.165) is 35.1 Å². The molecule has 0 amide bonds. The van der Waals surface area contributed by atoms with Crippen LogP contribution < -0.4 is 0 Å². The molecular formula is C22H26O5. The molecule has 0 N–H and O–H groups in total. The van der Waals surface area contributed by atoms with Crippen LogP contribution in [0.2, 0.25) is 0 Å². The van der Waals surface area contributed by atoms with E-state index in [1.807, 2.05) is 20.8 Å². The van der Waals surface area contributed by atoms with Crippen molar-refractivity contribution < 1.29 is 23.8 Å². The Morgan fingerprint density at radius 2 is 1.67 bits per heavy atom. The van der Waals surface area contributed by atoms with E-state index < -0.39 is 6.16 Å². The van der Waals surface area contributed by atoms with Crippen LogP contribution in [-0.4, -0.2) is 30.3 Å². The summed E-state index contributed by atoms with van der Waals surface area (Å²) in [7, 11) is 0. The van der Waals surface area contributed by atoms with Crippen LogP contribution >= 0.6 is 0 Å². The van der Waals surface area contributed by atoms with Gasteiger partial charge in [-0.2, -0.15) is 0 Å². The molecule has 0 unspecified atom stereocenters. The highest BCUT2D eigenvalue weighted by Crippen LogP contribution is 2.55. The number of carbonyl (C=O) groups excluding carboxylic acids is 2. The first kappa shape index (κ1) is 18.2. The number of aryl methyl sites for hydroxylation is 3. The smallest absolute Gasteiger partial charge is 0.431 e. The van der Waals surface area contributed by atoms with E-state index in [9.17, 15) is 9.59 Å². The van der Waals surface area contributed by atoms with Crippen molar-refractivity contribution in [3.63, 3.8) is 0 Å². The first-order valence-corrected chi connectivity index (χ1v) is 9.68. The Morgan fingerprint density at radius 3 is 2.26 bits per heavy atom. The van der Waals surface area contributed by atoms with Crippen LogP contribution in [0.25, 0.3) is 5.57 Å². The molecule has 4 rings (SSSR count). The summed E-state index contributed by atoms with van der Waals surface area (Å²) in [6.45, 7) is 9.58. The average molecular weight is 370 g/mol. The fourth-order valence-electron chi connectivity index (χ4n) is 5.04. The molecule has 5 heteroatoms. The fraction of sp³-hybridized carbons (Fsp3) is 0.545. The van der Waals surface area contributed by atoms with Gasteiger partial charge in [0.05, 0.1) is 35.7 Å².